The predicted molar refractivity (Wildman–Crippen MR) is 34.7 cm³/mol. The van der Waals surface area contributed by atoms with E-state index in [1.807, 2.05) is 0 Å². The maximum atomic E-state index is 10.5. The molecule has 0 aromatic carbocycles. The van der Waals surface area contributed by atoms with E-state index in [1.165, 1.54) is 0 Å². The first-order valence-corrected chi connectivity index (χ1v) is 2.37. The van der Waals surface area contributed by atoms with Crippen LogP contribution in [0.25, 0.3) is 0 Å². The fourth-order valence-electron chi connectivity index (χ4n) is 0.468. The van der Waals surface area contributed by atoms with Gasteiger partial charge in [0.15, 0.2) is 0 Å². The average Bonchev–Trinajstić information content (AvgIpc) is 1.77. The third-order valence-electron chi connectivity index (χ3n) is 0.946. The molecule has 0 bridgehead atoms. The van der Waals surface area contributed by atoms with E-state index in [4.69, 9.17) is 0 Å². The standard InChI is InChI=1S/C6H6NO.2ClH.Li.Mg/c1-6-4-2-3-5-7(6)8;;;;/h2-4H,1H3;2*1H;;/q-1;;;+1;+2/p-2. The number of rotatable bonds is 0. The number of hydrogen-bond donors (Lipinski definition) is 0. The van der Waals surface area contributed by atoms with E-state index in [1.54, 1.807) is 25.1 Å². The van der Waals surface area contributed by atoms with E-state index in [2.05, 4.69) is 6.20 Å². The maximum absolute atomic E-state index is 10.5. The summed E-state index contributed by atoms with van der Waals surface area (Å²) in [6.07, 6.45) is 2.46. The monoisotopic (exact) mass is 209 g/mol. The van der Waals surface area contributed by atoms with Gasteiger partial charge in [-0.15, -0.1) is 12.1 Å². The molecule has 1 heterocycles. The SMILES string of the molecule is Cc1ccc[c-][n+]1[O-].[Cl-].[Cl-].[Li+].[Mg+2]. The van der Waals surface area contributed by atoms with Gasteiger partial charge in [0.2, 0.25) is 0 Å². The van der Waals surface area contributed by atoms with Crippen molar-refractivity contribution < 1.29 is 48.4 Å². The summed E-state index contributed by atoms with van der Waals surface area (Å²) in [6.45, 7) is 1.74. The summed E-state index contributed by atoms with van der Waals surface area (Å²) in [4.78, 5) is 0. The summed E-state index contributed by atoms with van der Waals surface area (Å²) in [7, 11) is 0. The fourth-order valence-corrected chi connectivity index (χ4v) is 0.468. The van der Waals surface area contributed by atoms with Crippen molar-refractivity contribution in [3.63, 3.8) is 0 Å². The van der Waals surface area contributed by atoms with Gasteiger partial charge in [-0.25, -0.2) is 0 Å². The largest absolute Gasteiger partial charge is 2.00 e. The molecule has 0 N–H and O–H groups in total. The molecule has 0 aliphatic heterocycles. The molecule has 0 spiro atoms. The molecule has 0 aliphatic rings. The second kappa shape index (κ2) is 11.9. The number of aryl methyl sites for hydroxylation is 1. The topological polar surface area (TPSA) is 26.9 Å². The van der Waals surface area contributed by atoms with Crippen molar-refractivity contribution >= 4 is 23.1 Å². The first-order chi connectivity index (χ1) is 3.80. The van der Waals surface area contributed by atoms with Gasteiger partial charge in [-0.05, 0) is 6.92 Å². The number of pyridine rings is 1. The zero-order valence-electron chi connectivity index (χ0n) is 7.05. The molecular weight excluding hydrogens is 204 g/mol. The molecule has 2 nitrogen and oxygen atoms in total. The van der Waals surface area contributed by atoms with Crippen LogP contribution in [0, 0.1) is 18.3 Å². The van der Waals surface area contributed by atoms with Crippen LogP contribution >= 0.6 is 0 Å². The second-order valence-electron chi connectivity index (χ2n) is 1.59. The number of nitrogens with zero attached hydrogens (tertiary/aromatic N) is 1. The molecule has 12 heavy (non-hydrogen) atoms. The van der Waals surface area contributed by atoms with Crippen LogP contribution in [0.5, 0.6) is 0 Å². The Morgan fingerprint density at radius 2 is 1.92 bits per heavy atom. The van der Waals surface area contributed by atoms with Crippen molar-refractivity contribution in [2.75, 3.05) is 0 Å². The zero-order valence-corrected chi connectivity index (χ0v) is 9.98. The molecule has 0 aliphatic carbocycles. The predicted octanol–water partition coefficient (Wildman–Crippen LogP) is -8.94. The summed E-state index contributed by atoms with van der Waals surface area (Å²) in [5, 5.41) is 10.5. The van der Waals surface area contributed by atoms with Crippen LogP contribution in [0.4, 0.5) is 0 Å². The Bertz CT molecular complexity index is 182. The summed E-state index contributed by atoms with van der Waals surface area (Å²) in [5.74, 6) is 0. The van der Waals surface area contributed by atoms with E-state index < -0.39 is 0 Å². The first-order valence-electron chi connectivity index (χ1n) is 2.37. The van der Waals surface area contributed by atoms with Crippen molar-refractivity contribution in [2.45, 2.75) is 6.92 Å². The minimum atomic E-state index is 0. The summed E-state index contributed by atoms with van der Waals surface area (Å²) in [6, 6.07) is 5.10. The van der Waals surface area contributed by atoms with Crippen LogP contribution in [0.15, 0.2) is 18.2 Å². The van der Waals surface area contributed by atoms with E-state index in [-0.39, 0.29) is 66.7 Å². The Hall–Kier alpha value is 0.894. The Kier molecular flexibility index (Phi) is 22.9. The van der Waals surface area contributed by atoms with Gasteiger partial charge < -0.3 is 30.0 Å². The van der Waals surface area contributed by atoms with Crippen LogP contribution in [-0.4, -0.2) is 23.1 Å². The van der Waals surface area contributed by atoms with Gasteiger partial charge in [-0.3, -0.25) is 4.73 Å². The third kappa shape index (κ3) is 7.54. The third-order valence-corrected chi connectivity index (χ3v) is 0.946. The van der Waals surface area contributed by atoms with Crippen molar-refractivity contribution in [1.82, 2.24) is 0 Å². The van der Waals surface area contributed by atoms with Crippen molar-refractivity contribution in [1.29, 1.82) is 0 Å². The molecule has 0 saturated heterocycles. The normalized spacial score (nSPS) is 6.08. The second-order valence-corrected chi connectivity index (χ2v) is 1.59. The Morgan fingerprint density at radius 1 is 1.42 bits per heavy atom. The smallest absolute Gasteiger partial charge is 1.00 e. The molecule has 0 atom stereocenters. The Balaban J connectivity index is -0.0000000800. The molecule has 58 valence electrons. The zero-order chi connectivity index (χ0) is 5.98. The molecule has 1 aromatic heterocycles. The van der Waals surface area contributed by atoms with E-state index in [0.29, 0.717) is 10.4 Å². The van der Waals surface area contributed by atoms with Gasteiger partial charge >= 0.3 is 41.9 Å². The van der Waals surface area contributed by atoms with E-state index >= 15 is 0 Å². The van der Waals surface area contributed by atoms with Gasteiger partial charge in [-0.1, -0.05) is 0 Å². The summed E-state index contributed by atoms with van der Waals surface area (Å²) < 4.78 is 0.708. The minimum absolute atomic E-state index is 0. The van der Waals surface area contributed by atoms with E-state index in [0.717, 1.165) is 0 Å². The molecular formula is C6H6Cl2LiMgNO. The number of halogens is 2. The van der Waals surface area contributed by atoms with Crippen LogP contribution in [0.2, 0.25) is 0 Å². The molecule has 1 aromatic rings. The quantitative estimate of drug-likeness (QED) is 0.181. The molecule has 0 amide bonds. The number of aromatic nitrogens is 1. The molecule has 0 saturated carbocycles. The van der Waals surface area contributed by atoms with Gasteiger partial charge in [0.05, 0.1) is 5.69 Å². The molecule has 6 heteroatoms. The Morgan fingerprint density at radius 3 is 2.17 bits per heavy atom. The Labute approximate surface area is 113 Å². The minimum Gasteiger partial charge on any atom is -1.00 e. The van der Waals surface area contributed by atoms with E-state index in [9.17, 15) is 5.21 Å². The van der Waals surface area contributed by atoms with Crippen molar-refractivity contribution in [3.8, 4) is 0 Å². The van der Waals surface area contributed by atoms with Gasteiger partial charge in [-0.2, -0.15) is 6.07 Å². The van der Waals surface area contributed by atoms with Gasteiger partial charge in [0, 0.05) is 0 Å². The maximum Gasteiger partial charge on any atom is 2.00 e. The fraction of sp³-hybridized carbons (Fsp3) is 0.167. The van der Waals surface area contributed by atoms with Crippen LogP contribution in [-0.2, 0) is 0 Å². The van der Waals surface area contributed by atoms with Crippen LogP contribution in [0.1, 0.15) is 5.69 Å². The van der Waals surface area contributed by atoms with Crippen molar-refractivity contribution in [2.24, 2.45) is 0 Å². The molecule has 1 rings (SSSR count). The summed E-state index contributed by atoms with van der Waals surface area (Å²) >= 11 is 0. The van der Waals surface area contributed by atoms with Crippen LogP contribution < -0.4 is 48.4 Å². The first kappa shape index (κ1) is 23.1. The molecule has 0 radical (unpaired) electrons. The summed E-state index contributed by atoms with van der Waals surface area (Å²) in [5.41, 5.74) is 0.674. The average molecular weight is 210 g/mol. The van der Waals surface area contributed by atoms with Gasteiger partial charge in [0.25, 0.3) is 0 Å². The molecule has 0 fully saturated rings. The van der Waals surface area contributed by atoms with Crippen molar-refractivity contribution in [3.05, 3.63) is 35.3 Å². The van der Waals surface area contributed by atoms with Gasteiger partial charge in [0.1, 0.15) is 6.20 Å². The van der Waals surface area contributed by atoms with Crippen LogP contribution in [0.3, 0.4) is 0 Å². The number of hydrogen-bond acceptors (Lipinski definition) is 1. The molecule has 0 unspecified atom stereocenters.